The molecule has 0 spiro atoms. The molecule has 0 aliphatic carbocycles. The molecule has 0 fully saturated rings. The Morgan fingerprint density at radius 1 is 1.06 bits per heavy atom. The van der Waals surface area contributed by atoms with E-state index in [4.69, 9.17) is 5.11 Å². The van der Waals surface area contributed by atoms with E-state index in [0.717, 1.165) is 0 Å². The van der Waals surface area contributed by atoms with Crippen molar-refractivity contribution in [3.05, 3.63) is 0 Å². The second kappa shape index (κ2) is 5.34. The number of hydrogen-bond acceptors (Lipinski definition) is 4. The minimum atomic E-state index is -1.95. The number of carbonyl (C=O) groups is 2. The van der Waals surface area contributed by atoms with Gasteiger partial charge in [0.15, 0.2) is 11.4 Å². The number of aliphatic carboxylic acids is 1. The summed E-state index contributed by atoms with van der Waals surface area (Å²) >= 11 is 0. The topological polar surface area (TPSA) is 94.8 Å². The third-order valence-electron chi connectivity index (χ3n) is 2.29. The fourth-order valence-corrected chi connectivity index (χ4v) is 1.83. The van der Waals surface area contributed by atoms with Crippen LogP contribution >= 0.6 is 0 Å². The Kier molecular flexibility index (Phi) is 5.05. The van der Waals surface area contributed by atoms with Gasteiger partial charge in [0.25, 0.3) is 0 Å². The number of aliphatic hydroxyl groups is 2. The minimum Gasteiger partial charge on any atom is -0.481 e. The Hall–Kier alpha value is -0.980. The molecule has 0 heterocycles. The lowest BCUT2D eigenvalue weighted by molar-refractivity contribution is -0.875. The van der Waals surface area contributed by atoms with Crippen LogP contribution in [0.15, 0.2) is 0 Å². The van der Waals surface area contributed by atoms with Crippen LogP contribution in [-0.2, 0) is 9.59 Å². The number of likely N-dealkylation sites (N-methyl/N-ethyl adjacent to an activating group) is 1. The molecule has 18 heavy (non-hydrogen) atoms. The summed E-state index contributed by atoms with van der Waals surface area (Å²) in [6.07, 6.45) is -0.936. The van der Waals surface area contributed by atoms with E-state index in [2.05, 4.69) is 0 Å². The standard InChI is InChI=1S/C12H23NO5/c1-11(2,17)6-9(14)12(18,7-10(15)16)8-13(3,4)5/h17-18H,6-8H2,1-5H3/p+1. The molecule has 106 valence electrons. The van der Waals surface area contributed by atoms with Gasteiger partial charge >= 0.3 is 5.97 Å². The summed E-state index contributed by atoms with van der Waals surface area (Å²) in [7, 11) is 5.26. The highest BCUT2D eigenvalue weighted by Gasteiger charge is 2.44. The number of quaternary nitrogens is 1. The monoisotopic (exact) mass is 262 g/mol. The Balaban J connectivity index is 5.09. The van der Waals surface area contributed by atoms with Gasteiger partial charge in [0.05, 0.1) is 33.2 Å². The van der Waals surface area contributed by atoms with E-state index in [9.17, 15) is 19.8 Å². The van der Waals surface area contributed by atoms with Crippen LogP contribution in [-0.4, -0.2) is 70.4 Å². The van der Waals surface area contributed by atoms with Crippen molar-refractivity contribution in [3.63, 3.8) is 0 Å². The third-order valence-corrected chi connectivity index (χ3v) is 2.29. The summed E-state index contributed by atoms with van der Waals surface area (Å²) in [6, 6.07) is 0. The van der Waals surface area contributed by atoms with E-state index in [1.54, 1.807) is 21.1 Å². The largest absolute Gasteiger partial charge is 0.481 e. The van der Waals surface area contributed by atoms with Gasteiger partial charge in [-0.3, -0.25) is 9.59 Å². The lowest BCUT2D eigenvalue weighted by atomic mass is 9.86. The van der Waals surface area contributed by atoms with E-state index in [-0.39, 0.29) is 17.4 Å². The van der Waals surface area contributed by atoms with E-state index >= 15 is 0 Å². The van der Waals surface area contributed by atoms with Crippen LogP contribution in [0.1, 0.15) is 26.7 Å². The van der Waals surface area contributed by atoms with E-state index < -0.39 is 29.4 Å². The zero-order chi connectivity index (χ0) is 14.8. The molecule has 0 rings (SSSR count). The molecule has 0 aromatic heterocycles. The van der Waals surface area contributed by atoms with Gasteiger partial charge in [0.2, 0.25) is 0 Å². The molecule has 0 aliphatic rings. The summed E-state index contributed by atoms with van der Waals surface area (Å²) in [5.41, 5.74) is -3.22. The second-order valence-electron chi connectivity index (χ2n) is 6.46. The minimum absolute atomic E-state index is 0.0196. The van der Waals surface area contributed by atoms with Gasteiger partial charge in [0, 0.05) is 6.42 Å². The quantitative estimate of drug-likeness (QED) is 0.544. The number of hydrogen-bond donors (Lipinski definition) is 3. The zero-order valence-electron chi connectivity index (χ0n) is 11.7. The number of nitrogens with zero attached hydrogens (tertiary/aromatic N) is 1. The molecular formula is C12H24NO5+. The highest BCUT2D eigenvalue weighted by atomic mass is 16.4. The number of rotatable bonds is 7. The number of carboxylic acid groups (broad SMARTS) is 1. The van der Waals surface area contributed by atoms with Crippen LogP contribution in [0.4, 0.5) is 0 Å². The summed E-state index contributed by atoms with van der Waals surface area (Å²) < 4.78 is 0.251. The van der Waals surface area contributed by atoms with Gasteiger partial charge in [-0.25, -0.2) is 0 Å². The van der Waals surface area contributed by atoms with E-state index in [1.165, 1.54) is 13.8 Å². The number of Topliss-reactive ketones (excluding diaryl/α,β-unsaturated/α-hetero) is 1. The van der Waals surface area contributed by atoms with Crippen LogP contribution in [0.3, 0.4) is 0 Å². The van der Waals surface area contributed by atoms with Gasteiger partial charge in [-0.05, 0) is 13.8 Å². The molecule has 0 aliphatic heterocycles. The molecule has 0 bridgehead atoms. The normalized spacial score (nSPS) is 16.2. The predicted octanol–water partition coefficient (Wildman–Crippen LogP) is -0.371. The smallest absolute Gasteiger partial charge is 0.306 e. The van der Waals surface area contributed by atoms with E-state index in [0.29, 0.717) is 0 Å². The highest BCUT2D eigenvalue weighted by Crippen LogP contribution is 2.21. The fourth-order valence-electron chi connectivity index (χ4n) is 1.83. The summed E-state index contributed by atoms with van der Waals surface area (Å²) in [4.78, 5) is 22.8. The maximum absolute atomic E-state index is 12.0. The maximum Gasteiger partial charge on any atom is 0.306 e. The third kappa shape index (κ3) is 6.68. The van der Waals surface area contributed by atoms with Crippen molar-refractivity contribution in [2.45, 2.75) is 37.9 Å². The first-order chi connectivity index (χ1) is 7.75. The first-order valence-corrected chi connectivity index (χ1v) is 5.75. The number of ketones is 1. The van der Waals surface area contributed by atoms with Gasteiger partial charge in [-0.2, -0.15) is 0 Å². The van der Waals surface area contributed by atoms with Gasteiger partial charge in [-0.1, -0.05) is 0 Å². The number of carbonyl (C=O) groups excluding carboxylic acids is 1. The van der Waals surface area contributed by atoms with Crippen molar-refractivity contribution < 1.29 is 29.4 Å². The maximum atomic E-state index is 12.0. The Morgan fingerprint density at radius 2 is 1.50 bits per heavy atom. The van der Waals surface area contributed by atoms with E-state index in [1.807, 2.05) is 0 Å². The lowest BCUT2D eigenvalue weighted by Gasteiger charge is -2.34. The van der Waals surface area contributed by atoms with Crippen molar-refractivity contribution in [1.29, 1.82) is 0 Å². The SMILES string of the molecule is CC(C)(O)CC(=O)C(O)(CC(=O)O)C[N+](C)(C)C. The Bertz CT molecular complexity index is 326. The first-order valence-electron chi connectivity index (χ1n) is 5.75. The van der Waals surface area contributed by atoms with Gasteiger partial charge in [-0.15, -0.1) is 0 Å². The first kappa shape index (κ1) is 17.0. The molecule has 1 unspecified atom stereocenters. The molecule has 0 saturated carbocycles. The molecule has 1 atom stereocenters. The molecule has 6 heteroatoms. The molecular weight excluding hydrogens is 238 g/mol. The van der Waals surface area contributed by atoms with Gasteiger partial charge < -0.3 is 19.8 Å². The number of carboxylic acids is 1. The summed E-state index contributed by atoms with van der Waals surface area (Å²) in [5.74, 6) is -1.89. The van der Waals surface area contributed by atoms with Crippen molar-refractivity contribution >= 4 is 11.8 Å². The molecule has 0 radical (unpaired) electrons. The van der Waals surface area contributed by atoms with Crippen molar-refractivity contribution in [3.8, 4) is 0 Å². The molecule has 0 saturated heterocycles. The van der Waals surface area contributed by atoms with Crippen molar-refractivity contribution in [1.82, 2.24) is 0 Å². The average molecular weight is 262 g/mol. The Labute approximate surface area is 107 Å². The van der Waals surface area contributed by atoms with Crippen LogP contribution < -0.4 is 0 Å². The van der Waals surface area contributed by atoms with Crippen molar-refractivity contribution in [2.75, 3.05) is 27.7 Å². The Morgan fingerprint density at radius 3 is 1.78 bits per heavy atom. The molecule has 6 nitrogen and oxygen atoms in total. The average Bonchev–Trinajstić information content (AvgIpc) is 1.93. The van der Waals surface area contributed by atoms with Gasteiger partial charge in [0.1, 0.15) is 6.54 Å². The van der Waals surface area contributed by atoms with Crippen LogP contribution in [0, 0.1) is 0 Å². The van der Waals surface area contributed by atoms with Crippen molar-refractivity contribution in [2.24, 2.45) is 0 Å². The summed E-state index contributed by atoms with van der Waals surface area (Å²) in [5, 5.41) is 28.7. The second-order valence-corrected chi connectivity index (χ2v) is 6.46. The predicted molar refractivity (Wildman–Crippen MR) is 66.0 cm³/mol. The summed E-state index contributed by atoms with van der Waals surface area (Å²) in [6.45, 7) is 2.87. The fraction of sp³-hybridized carbons (Fsp3) is 0.833. The molecule has 0 aromatic carbocycles. The zero-order valence-corrected chi connectivity index (χ0v) is 11.7. The molecule has 0 amide bonds. The lowest BCUT2D eigenvalue weighted by Crippen LogP contribution is -2.55. The highest BCUT2D eigenvalue weighted by molar-refractivity contribution is 5.91. The molecule has 3 N–H and O–H groups in total. The molecule has 0 aromatic rings. The van der Waals surface area contributed by atoms with Crippen LogP contribution in [0.2, 0.25) is 0 Å². The van der Waals surface area contributed by atoms with Crippen LogP contribution in [0.25, 0.3) is 0 Å². The van der Waals surface area contributed by atoms with Crippen LogP contribution in [0.5, 0.6) is 0 Å².